The number of ether oxygens (including phenoxy) is 1. The van der Waals surface area contributed by atoms with Crippen molar-refractivity contribution in [2.45, 2.75) is 44.1 Å². The van der Waals surface area contributed by atoms with Crippen molar-refractivity contribution in [3.63, 3.8) is 0 Å². The van der Waals surface area contributed by atoms with Crippen LogP contribution in [0.5, 0.6) is 0 Å². The lowest BCUT2D eigenvalue weighted by molar-refractivity contribution is -0.387. The zero-order valence-electron chi connectivity index (χ0n) is 15.1. The number of likely N-dealkylation sites (N-methyl/N-ethyl adjacent to an activating group) is 1. The highest BCUT2D eigenvalue weighted by molar-refractivity contribution is 7.99. The molecule has 0 aliphatic carbocycles. The minimum atomic E-state index is -0.408. The van der Waals surface area contributed by atoms with Crippen LogP contribution in [0.25, 0.3) is 0 Å². The largest absolute Gasteiger partial charge is 0.376 e. The number of carbonyl (C=O) groups excluding carboxylic acids is 1. The normalized spacial score (nSPS) is 17.0. The molecule has 1 heterocycles. The highest BCUT2D eigenvalue weighted by atomic mass is 32.2. The molecule has 0 bridgehead atoms. The number of hydrogen-bond donors (Lipinski definition) is 0. The Kier molecular flexibility index (Phi) is 7.25. The fourth-order valence-electron chi connectivity index (χ4n) is 2.72. The van der Waals surface area contributed by atoms with Crippen molar-refractivity contribution >= 4 is 23.4 Å². The summed E-state index contributed by atoms with van der Waals surface area (Å²) in [6.45, 7) is 5.50. The van der Waals surface area contributed by atoms with Gasteiger partial charge in [-0.15, -0.1) is 11.8 Å². The van der Waals surface area contributed by atoms with Crippen molar-refractivity contribution < 1.29 is 14.5 Å². The molecule has 1 amide bonds. The lowest BCUT2D eigenvalue weighted by atomic mass is 10.1. The molecule has 1 aromatic rings. The zero-order valence-corrected chi connectivity index (χ0v) is 15.9. The van der Waals surface area contributed by atoms with E-state index in [1.807, 2.05) is 0 Å². The van der Waals surface area contributed by atoms with Gasteiger partial charge in [0.05, 0.1) is 15.9 Å². The molecule has 1 saturated heterocycles. The second kappa shape index (κ2) is 9.20. The Morgan fingerprint density at radius 3 is 2.84 bits per heavy atom. The summed E-state index contributed by atoms with van der Waals surface area (Å²) in [4.78, 5) is 25.7. The monoisotopic (exact) mass is 366 g/mol. The van der Waals surface area contributed by atoms with Gasteiger partial charge in [0, 0.05) is 31.8 Å². The van der Waals surface area contributed by atoms with Crippen molar-refractivity contribution in [3.05, 3.63) is 33.9 Å². The quantitative estimate of drug-likeness (QED) is 0.395. The highest BCUT2D eigenvalue weighted by Gasteiger charge is 2.23. The Balaban J connectivity index is 2.08. The Labute approximate surface area is 153 Å². The summed E-state index contributed by atoms with van der Waals surface area (Å²) in [5.74, 6) is 1.17. The van der Waals surface area contributed by atoms with Crippen LogP contribution in [0.4, 0.5) is 5.69 Å². The van der Waals surface area contributed by atoms with Crippen molar-refractivity contribution in [2.75, 3.05) is 26.0 Å². The van der Waals surface area contributed by atoms with Crippen LogP contribution in [-0.2, 0) is 4.74 Å². The first-order valence-electron chi connectivity index (χ1n) is 8.66. The molecule has 6 nitrogen and oxygen atoms in total. The predicted octanol–water partition coefficient (Wildman–Crippen LogP) is 3.98. The first-order valence-corrected chi connectivity index (χ1v) is 9.65. The molecule has 1 aliphatic heterocycles. The van der Waals surface area contributed by atoms with E-state index in [4.69, 9.17) is 4.74 Å². The van der Waals surface area contributed by atoms with Crippen LogP contribution in [0.15, 0.2) is 23.1 Å². The Morgan fingerprint density at radius 2 is 2.24 bits per heavy atom. The van der Waals surface area contributed by atoms with Crippen LogP contribution in [0, 0.1) is 16.0 Å². The molecule has 7 heteroatoms. The lowest BCUT2D eigenvalue weighted by Gasteiger charge is -2.21. The minimum absolute atomic E-state index is 0.00474. The highest BCUT2D eigenvalue weighted by Crippen LogP contribution is 2.31. The van der Waals surface area contributed by atoms with Crippen LogP contribution in [-0.4, -0.2) is 47.8 Å². The SMILES string of the molecule is CC(C)CCSc1ccc(C(=O)N(C)CC2CCCO2)cc1[N+](=O)[O-]. The van der Waals surface area contributed by atoms with Crippen molar-refractivity contribution in [3.8, 4) is 0 Å². The molecule has 2 rings (SSSR count). The second-order valence-electron chi connectivity index (χ2n) is 6.79. The average molecular weight is 366 g/mol. The topological polar surface area (TPSA) is 72.7 Å². The first-order chi connectivity index (χ1) is 11.9. The van der Waals surface area contributed by atoms with Gasteiger partial charge in [-0.05, 0) is 43.1 Å². The lowest BCUT2D eigenvalue weighted by Crippen LogP contribution is -2.34. The number of amides is 1. The minimum Gasteiger partial charge on any atom is -0.376 e. The van der Waals surface area contributed by atoms with E-state index < -0.39 is 4.92 Å². The number of carbonyl (C=O) groups is 1. The van der Waals surface area contributed by atoms with Gasteiger partial charge >= 0.3 is 0 Å². The average Bonchev–Trinajstić information content (AvgIpc) is 3.06. The molecule has 0 saturated carbocycles. The predicted molar refractivity (Wildman–Crippen MR) is 99.2 cm³/mol. The molecule has 25 heavy (non-hydrogen) atoms. The summed E-state index contributed by atoms with van der Waals surface area (Å²) in [7, 11) is 1.71. The molecule has 0 spiro atoms. The van der Waals surface area contributed by atoms with Gasteiger partial charge < -0.3 is 9.64 Å². The second-order valence-corrected chi connectivity index (χ2v) is 7.93. The van der Waals surface area contributed by atoms with Crippen molar-refractivity contribution in [1.29, 1.82) is 0 Å². The van der Waals surface area contributed by atoms with Crippen molar-refractivity contribution in [2.24, 2.45) is 5.92 Å². The fourth-order valence-corrected chi connectivity index (χ4v) is 3.97. The molecule has 1 atom stereocenters. The number of nitro benzene ring substituents is 1. The van der Waals surface area contributed by atoms with Crippen LogP contribution < -0.4 is 0 Å². The van der Waals surface area contributed by atoms with Crippen LogP contribution in [0.3, 0.4) is 0 Å². The standard InChI is InChI=1S/C18H26N2O4S/c1-13(2)8-10-25-17-7-6-14(11-16(17)20(22)23)18(21)19(3)12-15-5-4-9-24-15/h6-7,11,13,15H,4-5,8-10,12H2,1-3H3. The maximum absolute atomic E-state index is 12.6. The molecule has 1 unspecified atom stereocenters. The number of nitrogens with zero attached hydrogens (tertiary/aromatic N) is 2. The smallest absolute Gasteiger partial charge is 0.283 e. The van der Waals surface area contributed by atoms with Gasteiger partial charge in [-0.2, -0.15) is 0 Å². The fraction of sp³-hybridized carbons (Fsp3) is 0.611. The number of benzene rings is 1. The molecular formula is C18H26N2O4S. The summed E-state index contributed by atoms with van der Waals surface area (Å²) < 4.78 is 5.55. The van der Waals surface area contributed by atoms with Gasteiger partial charge in [0.2, 0.25) is 0 Å². The molecular weight excluding hydrogens is 340 g/mol. The van der Waals surface area contributed by atoms with Gasteiger partial charge in [0.15, 0.2) is 0 Å². The number of thioether (sulfide) groups is 1. The summed E-state index contributed by atoms with van der Waals surface area (Å²) >= 11 is 1.47. The summed E-state index contributed by atoms with van der Waals surface area (Å²) in [6, 6.07) is 4.77. The van der Waals surface area contributed by atoms with Gasteiger partial charge in [0.1, 0.15) is 0 Å². The number of rotatable bonds is 8. The zero-order chi connectivity index (χ0) is 18.4. The molecule has 0 radical (unpaired) electrons. The van der Waals surface area contributed by atoms with E-state index in [1.165, 1.54) is 17.8 Å². The van der Waals surface area contributed by atoms with Gasteiger partial charge in [-0.25, -0.2) is 0 Å². The molecule has 1 aromatic carbocycles. The summed E-state index contributed by atoms with van der Waals surface area (Å²) in [5.41, 5.74) is 0.352. The molecule has 1 fully saturated rings. The van der Waals surface area contributed by atoms with Crippen molar-refractivity contribution in [1.82, 2.24) is 4.90 Å². The Bertz CT molecular complexity index is 615. The summed E-state index contributed by atoms with van der Waals surface area (Å²) in [6.07, 6.45) is 3.02. The maximum Gasteiger partial charge on any atom is 0.283 e. The van der Waals surface area contributed by atoms with E-state index in [0.29, 0.717) is 22.9 Å². The third-order valence-electron chi connectivity index (χ3n) is 4.20. The van der Waals surface area contributed by atoms with E-state index in [1.54, 1.807) is 24.1 Å². The molecule has 138 valence electrons. The first kappa shape index (κ1) is 19.7. The number of nitro groups is 1. The van der Waals surface area contributed by atoms with Crippen LogP contribution >= 0.6 is 11.8 Å². The third kappa shape index (κ3) is 5.71. The molecule has 0 N–H and O–H groups in total. The summed E-state index contributed by atoms with van der Waals surface area (Å²) in [5, 5.41) is 11.4. The van der Waals surface area contributed by atoms with E-state index in [9.17, 15) is 14.9 Å². The van der Waals surface area contributed by atoms with E-state index >= 15 is 0 Å². The van der Waals surface area contributed by atoms with Crippen LogP contribution in [0.1, 0.15) is 43.5 Å². The van der Waals surface area contributed by atoms with Gasteiger partial charge in [-0.1, -0.05) is 13.8 Å². The maximum atomic E-state index is 12.6. The van der Waals surface area contributed by atoms with Gasteiger partial charge in [-0.3, -0.25) is 14.9 Å². The van der Waals surface area contributed by atoms with Crippen LogP contribution in [0.2, 0.25) is 0 Å². The Morgan fingerprint density at radius 1 is 1.48 bits per heavy atom. The van der Waals surface area contributed by atoms with E-state index in [-0.39, 0.29) is 17.7 Å². The Hall–Kier alpha value is -1.60. The molecule has 1 aliphatic rings. The van der Waals surface area contributed by atoms with Gasteiger partial charge in [0.25, 0.3) is 11.6 Å². The molecule has 0 aromatic heterocycles. The number of hydrogen-bond acceptors (Lipinski definition) is 5. The van der Waals surface area contributed by atoms with E-state index in [2.05, 4.69) is 13.8 Å². The third-order valence-corrected chi connectivity index (χ3v) is 5.30. The van der Waals surface area contributed by atoms with E-state index in [0.717, 1.165) is 31.6 Å².